The van der Waals surface area contributed by atoms with E-state index in [-0.39, 0.29) is 22.9 Å². The molecular formula is C16H14ClN3O5S3. The Labute approximate surface area is 172 Å². The molecule has 0 amide bonds. The minimum Gasteiger partial charge on any atom is -0.488 e. The summed E-state index contributed by atoms with van der Waals surface area (Å²) in [6.45, 7) is 0.261. The Morgan fingerprint density at radius 1 is 1.14 bits per heavy atom. The third-order valence-corrected chi connectivity index (χ3v) is 6.37. The predicted molar refractivity (Wildman–Crippen MR) is 108 cm³/mol. The molecule has 0 aliphatic carbocycles. The number of primary sulfonamides is 1. The van der Waals surface area contributed by atoms with Gasteiger partial charge >= 0.3 is 0 Å². The van der Waals surface area contributed by atoms with E-state index >= 15 is 0 Å². The number of hydrogen-bond donors (Lipinski definition) is 2. The number of aromatic nitrogens is 1. The molecule has 0 radical (unpaired) electrons. The van der Waals surface area contributed by atoms with Crippen molar-refractivity contribution < 1.29 is 21.6 Å². The van der Waals surface area contributed by atoms with Crippen LogP contribution in [0.4, 0.5) is 11.4 Å². The van der Waals surface area contributed by atoms with E-state index in [0.29, 0.717) is 10.2 Å². The summed E-state index contributed by atoms with van der Waals surface area (Å²) in [6, 6.07) is 11.7. The van der Waals surface area contributed by atoms with Gasteiger partial charge in [0.1, 0.15) is 17.3 Å². The molecule has 0 fully saturated rings. The van der Waals surface area contributed by atoms with Crippen LogP contribution in [0.15, 0.2) is 59.6 Å². The first-order valence-electron chi connectivity index (χ1n) is 7.65. The van der Waals surface area contributed by atoms with Crippen molar-refractivity contribution in [2.24, 2.45) is 5.14 Å². The number of ether oxygens (including phenoxy) is 1. The summed E-state index contributed by atoms with van der Waals surface area (Å²) in [6.07, 6.45) is 1.61. The van der Waals surface area contributed by atoms with Gasteiger partial charge in [-0.1, -0.05) is 23.7 Å². The highest BCUT2D eigenvalue weighted by Gasteiger charge is 2.21. The van der Waals surface area contributed by atoms with Gasteiger partial charge in [0, 0.05) is 6.20 Å². The van der Waals surface area contributed by atoms with Crippen LogP contribution in [0.1, 0.15) is 4.88 Å². The largest absolute Gasteiger partial charge is 0.488 e. The minimum absolute atomic E-state index is 0.0610. The quantitative estimate of drug-likeness (QED) is 0.524. The highest BCUT2D eigenvalue weighted by Crippen LogP contribution is 2.32. The summed E-state index contributed by atoms with van der Waals surface area (Å²) in [7, 11) is -7.29. The Morgan fingerprint density at radius 3 is 2.39 bits per heavy atom. The molecule has 0 bridgehead atoms. The number of benzene rings is 2. The fourth-order valence-corrected chi connectivity index (χ4v) is 4.73. The Balaban J connectivity index is 1.88. The summed E-state index contributed by atoms with van der Waals surface area (Å²) in [5.41, 5.74) is 0.175. The molecule has 0 aliphatic rings. The van der Waals surface area contributed by atoms with Crippen LogP contribution in [0, 0.1) is 0 Å². The molecule has 12 heteroatoms. The lowest BCUT2D eigenvalue weighted by Gasteiger charge is -2.20. The smallest absolute Gasteiger partial charge is 0.240 e. The Kier molecular flexibility index (Phi) is 6.20. The van der Waals surface area contributed by atoms with Gasteiger partial charge in [-0.15, -0.1) is 11.3 Å². The first-order chi connectivity index (χ1) is 13.3. The standard InChI is InChI=1S/C16H14ClN3O5S3/c17-16-19-9-13(26-16)10-25-12-7-5-11(6-8-12)20(27(21)22)14-3-1-2-4-15(14)28(18,23)24/h1-9,27H,10H2,(H2,18,23,24). The van der Waals surface area contributed by atoms with Crippen molar-refractivity contribution in [2.75, 3.05) is 4.31 Å². The molecule has 3 aromatic rings. The Bertz CT molecular complexity index is 1150. The summed E-state index contributed by atoms with van der Waals surface area (Å²) >= 11 is 7.06. The number of sulfonamides is 1. The van der Waals surface area contributed by atoms with Crippen LogP contribution in [-0.4, -0.2) is 21.8 Å². The normalized spacial score (nSPS) is 11.5. The van der Waals surface area contributed by atoms with Crippen LogP contribution in [0.5, 0.6) is 5.75 Å². The third-order valence-electron chi connectivity index (χ3n) is 3.55. The summed E-state index contributed by atoms with van der Waals surface area (Å²) < 4.78 is 54.2. The number of thiol groups is 1. The lowest BCUT2D eigenvalue weighted by molar-refractivity contribution is 0.309. The van der Waals surface area contributed by atoms with Crippen molar-refractivity contribution in [3.05, 3.63) is 64.1 Å². The molecule has 0 aliphatic heterocycles. The topological polar surface area (TPSA) is 120 Å². The molecule has 28 heavy (non-hydrogen) atoms. The summed E-state index contributed by atoms with van der Waals surface area (Å²) in [5, 5.41) is 5.21. The van der Waals surface area contributed by atoms with E-state index in [2.05, 4.69) is 4.98 Å². The van der Waals surface area contributed by atoms with E-state index in [1.807, 2.05) is 0 Å². The molecule has 0 unspecified atom stereocenters. The predicted octanol–water partition coefficient (Wildman–Crippen LogP) is 2.69. The summed E-state index contributed by atoms with van der Waals surface area (Å²) in [4.78, 5) is 4.46. The molecule has 8 nitrogen and oxygen atoms in total. The lowest BCUT2D eigenvalue weighted by Crippen LogP contribution is -2.20. The van der Waals surface area contributed by atoms with Crippen molar-refractivity contribution in [1.82, 2.24) is 4.98 Å². The van der Waals surface area contributed by atoms with Crippen molar-refractivity contribution in [2.45, 2.75) is 11.5 Å². The molecule has 0 atom stereocenters. The number of thiazole rings is 1. The van der Waals surface area contributed by atoms with Gasteiger partial charge in [0.15, 0.2) is 4.47 Å². The van der Waals surface area contributed by atoms with Gasteiger partial charge in [-0.05, 0) is 36.4 Å². The number of nitrogens with zero attached hydrogens (tertiary/aromatic N) is 2. The van der Waals surface area contributed by atoms with Gasteiger partial charge < -0.3 is 4.74 Å². The van der Waals surface area contributed by atoms with Crippen molar-refractivity contribution in [3.63, 3.8) is 0 Å². The van der Waals surface area contributed by atoms with Crippen molar-refractivity contribution >= 4 is 55.2 Å². The van der Waals surface area contributed by atoms with E-state index in [0.717, 1.165) is 9.18 Å². The van der Waals surface area contributed by atoms with E-state index in [9.17, 15) is 16.8 Å². The van der Waals surface area contributed by atoms with E-state index in [1.54, 1.807) is 18.3 Å². The zero-order valence-electron chi connectivity index (χ0n) is 14.1. The van der Waals surface area contributed by atoms with Crippen molar-refractivity contribution in [3.8, 4) is 5.75 Å². The van der Waals surface area contributed by atoms with E-state index < -0.39 is 20.9 Å². The molecule has 148 valence electrons. The fraction of sp³-hybridized carbons (Fsp3) is 0.0625. The molecule has 1 aromatic heterocycles. The van der Waals surface area contributed by atoms with Crippen molar-refractivity contribution in [1.29, 1.82) is 0 Å². The van der Waals surface area contributed by atoms with Crippen LogP contribution in [-0.2, 0) is 27.5 Å². The van der Waals surface area contributed by atoms with Gasteiger partial charge in [-0.3, -0.25) is 0 Å². The van der Waals surface area contributed by atoms with Crippen LogP contribution in [0.3, 0.4) is 0 Å². The molecule has 1 heterocycles. The Hall–Kier alpha value is -2.18. The molecule has 0 spiro atoms. The average molecular weight is 460 g/mol. The first kappa shape index (κ1) is 20.6. The number of halogens is 1. The van der Waals surface area contributed by atoms with Gasteiger partial charge in [0.25, 0.3) is 0 Å². The maximum Gasteiger partial charge on any atom is 0.240 e. The Morgan fingerprint density at radius 2 is 1.82 bits per heavy atom. The number of nitrogens with two attached hydrogens (primary N) is 1. The highest BCUT2D eigenvalue weighted by molar-refractivity contribution is 7.89. The SMILES string of the molecule is NS(=O)(=O)c1ccccc1N(c1ccc(OCc2cnc(Cl)s2)cc1)[SH](=O)=O. The van der Waals surface area contributed by atoms with Gasteiger partial charge in [0.2, 0.25) is 20.9 Å². The van der Waals surface area contributed by atoms with Gasteiger partial charge in [-0.2, -0.15) is 0 Å². The zero-order chi connectivity index (χ0) is 20.3. The summed E-state index contributed by atoms with van der Waals surface area (Å²) in [5.74, 6) is 0.495. The first-order valence-corrected chi connectivity index (χ1v) is 11.5. The van der Waals surface area contributed by atoms with E-state index in [1.165, 1.54) is 47.7 Å². The molecule has 3 rings (SSSR count). The second kappa shape index (κ2) is 8.45. The lowest BCUT2D eigenvalue weighted by atomic mass is 10.2. The van der Waals surface area contributed by atoms with Crippen LogP contribution in [0.25, 0.3) is 0 Å². The average Bonchev–Trinajstić information content (AvgIpc) is 3.06. The van der Waals surface area contributed by atoms with Crippen LogP contribution in [0.2, 0.25) is 4.47 Å². The van der Waals surface area contributed by atoms with E-state index in [4.69, 9.17) is 21.5 Å². The van der Waals surface area contributed by atoms with Crippen LogP contribution >= 0.6 is 22.9 Å². The van der Waals surface area contributed by atoms with Gasteiger partial charge in [0.05, 0.1) is 16.3 Å². The van der Waals surface area contributed by atoms with Gasteiger partial charge in [-0.25, -0.2) is 31.3 Å². The molecular weight excluding hydrogens is 446 g/mol. The number of hydrogen-bond acceptors (Lipinski definition) is 7. The monoisotopic (exact) mass is 459 g/mol. The number of rotatable bonds is 7. The third kappa shape index (κ3) is 4.80. The molecule has 2 N–H and O–H groups in total. The second-order valence-electron chi connectivity index (χ2n) is 5.42. The fourth-order valence-electron chi connectivity index (χ4n) is 2.38. The minimum atomic E-state index is -4.11. The molecule has 0 saturated carbocycles. The number of anilines is 2. The maximum atomic E-state index is 11.9. The second-order valence-corrected chi connectivity index (χ2v) is 9.53. The molecule has 0 saturated heterocycles. The highest BCUT2D eigenvalue weighted by atomic mass is 35.5. The zero-order valence-corrected chi connectivity index (χ0v) is 17.3. The maximum absolute atomic E-state index is 11.9. The number of para-hydroxylation sites is 1. The van der Waals surface area contributed by atoms with Crippen LogP contribution < -0.4 is 14.2 Å². The molecule has 2 aromatic carbocycles.